The Kier molecular flexibility index (Phi) is 7.27. The van der Waals surface area contributed by atoms with Crippen LogP contribution in [0.15, 0.2) is 0 Å². The summed E-state index contributed by atoms with van der Waals surface area (Å²) in [4.78, 5) is 0. The normalized spacial score (nSPS) is 10.2. The van der Waals surface area contributed by atoms with Crippen LogP contribution in [0.4, 0.5) is 5.82 Å². The maximum Gasteiger partial charge on any atom is 0.166 e. The first-order valence-corrected chi connectivity index (χ1v) is 8.07. The number of thioether (sulfide) groups is 1. The Balaban J connectivity index is 2.38. The highest BCUT2D eigenvalue weighted by Crippen LogP contribution is 2.17. The van der Waals surface area contributed by atoms with Crippen molar-refractivity contribution in [1.29, 1.82) is 5.26 Å². The van der Waals surface area contributed by atoms with Crippen molar-refractivity contribution >= 4 is 17.6 Å². The highest BCUT2D eigenvalue weighted by Gasteiger charge is 2.09. The number of anilines is 1. The van der Waals surface area contributed by atoms with Gasteiger partial charge in [-0.25, -0.2) is 0 Å². The molecule has 104 valence electrons. The first-order chi connectivity index (χ1) is 9.20. The summed E-state index contributed by atoms with van der Waals surface area (Å²) < 4.78 is 0. The fraction of sp³-hybridized carbons (Fsp3) is 0.643. The fourth-order valence-electron chi connectivity index (χ4n) is 1.80. The molecule has 5 heteroatoms. The Bertz CT molecular complexity index is 440. The second kappa shape index (κ2) is 8.76. The number of aromatic nitrogens is 2. The summed E-state index contributed by atoms with van der Waals surface area (Å²) in [5, 5.41) is 20.5. The third-order valence-electron chi connectivity index (χ3n) is 3.13. The Hall–Kier alpha value is -1.28. The molecular formula is C14H22N4S. The van der Waals surface area contributed by atoms with E-state index in [1.807, 2.05) is 25.6 Å². The van der Waals surface area contributed by atoms with Crippen LogP contribution in [0.2, 0.25) is 0 Å². The lowest BCUT2D eigenvalue weighted by Gasteiger charge is -2.09. The molecule has 1 N–H and O–H groups in total. The van der Waals surface area contributed by atoms with Crippen LogP contribution in [-0.2, 0) is 0 Å². The summed E-state index contributed by atoms with van der Waals surface area (Å²) in [7, 11) is 0. The maximum atomic E-state index is 9.16. The van der Waals surface area contributed by atoms with Gasteiger partial charge in [0.2, 0.25) is 0 Å². The standard InChI is InChI=1S/C14H22N4S/c1-11-12(2)17-18-14(13(11)10-15)16-8-6-4-5-7-9-19-3/h4-9H2,1-3H3,(H,16,18). The number of unbranched alkanes of at least 4 members (excludes halogenated alkanes) is 3. The fourth-order valence-corrected chi connectivity index (χ4v) is 2.29. The number of aryl methyl sites for hydroxylation is 1. The monoisotopic (exact) mass is 278 g/mol. The molecule has 19 heavy (non-hydrogen) atoms. The minimum Gasteiger partial charge on any atom is -0.367 e. The molecule has 0 saturated heterocycles. The Morgan fingerprint density at radius 1 is 1.16 bits per heavy atom. The van der Waals surface area contributed by atoms with Gasteiger partial charge >= 0.3 is 0 Å². The van der Waals surface area contributed by atoms with Crippen molar-refractivity contribution in [1.82, 2.24) is 10.2 Å². The van der Waals surface area contributed by atoms with E-state index in [1.165, 1.54) is 25.0 Å². The van der Waals surface area contributed by atoms with Crippen LogP contribution in [0.1, 0.15) is 42.5 Å². The van der Waals surface area contributed by atoms with E-state index in [9.17, 15) is 0 Å². The summed E-state index contributed by atoms with van der Waals surface area (Å²) in [5.74, 6) is 1.86. The van der Waals surface area contributed by atoms with E-state index in [4.69, 9.17) is 5.26 Å². The number of hydrogen-bond donors (Lipinski definition) is 1. The molecule has 0 amide bonds. The molecular weight excluding hydrogens is 256 g/mol. The molecule has 0 aliphatic carbocycles. The lowest BCUT2D eigenvalue weighted by molar-refractivity contribution is 0.687. The van der Waals surface area contributed by atoms with Crippen molar-refractivity contribution in [2.75, 3.05) is 23.9 Å². The highest BCUT2D eigenvalue weighted by atomic mass is 32.2. The van der Waals surface area contributed by atoms with Gasteiger partial charge in [-0.15, -0.1) is 5.10 Å². The Labute approximate surface area is 120 Å². The van der Waals surface area contributed by atoms with Gasteiger partial charge in [0, 0.05) is 6.54 Å². The molecule has 0 saturated carbocycles. The van der Waals surface area contributed by atoms with Crippen molar-refractivity contribution in [3.63, 3.8) is 0 Å². The van der Waals surface area contributed by atoms with E-state index in [0.29, 0.717) is 11.4 Å². The Morgan fingerprint density at radius 2 is 1.89 bits per heavy atom. The van der Waals surface area contributed by atoms with Gasteiger partial charge in [-0.1, -0.05) is 12.8 Å². The van der Waals surface area contributed by atoms with E-state index < -0.39 is 0 Å². The van der Waals surface area contributed by atoms with Crippen LogP contribution in [0.3, 0.4) is 0 Å². The van der Waals surface area contributed by atoms with E-state index >= 15 is 0 Å². The number of nitrogens with one attached hydrogen (secondary N) is 1. The van der Waals surface area contributed by atoms with Gasteiger partial charge < -0.3 is 5.32 Å². The summed E-state index contributed by atoms with van der Waals surface area (Å²) >= 11 is 1.90. The van der Waals surface area contributed by atoms with Crippen LogP contribution in [0, 0.1) is 25.2 Å². The third-order valence-corrected chi connectivity index (χ3v) is 3.83. The SMILES string of the molecule is CSCCCCCCNc1nnc(C)c(C)c1C#N. The topological polar surface area (TPSA) is 61.6 Å². The predicted octanol–water partition coefficient (Wildman–Crippen LogP) is 3.30. The smallest absolute Gasteiger partial charge is 0.166 e. The van der Waals surface area contributed by atoms with E-state index in [1.54, 1.807) is 0 Å². The lowest BCUT2D eigenvalue weighted by atomic mass is 10.1. The van der Waals surface area contributed by atoms with Gasteiger partial charge in [-0.2, -0.15) is 22.1 Å². The summed E-state index contributed by atoms with van der Waals surface area (Å²) in [6, 6.07) is 2.21. The molecule has 0 bridgehead atoms. The average molecular weight is 278 g/mol. The molecule has 1 heterocycles. The van der Waals surface area contributed by atoms with Crippen molar-refractivity contribution in [3.05, 3.63) is 16.8 Å². The molecule has 0 aliphatic heterocycles. The predicted molar refractivity (Wildman–Crippen MR) is 81.6 cm³/mol. The minimum atomic E-state index is 0.620. The molecule has 1 rings (SSSR count). The molecule has 1 aromatic rings. The summed E-state index contributed by atoms with van der Waals surface area (Å²) in [6.07, 6.45) is 7.02. The largest absolute Gasteiger partial charge is 0.367 e. The van der Waals surface area contributed by atoms with Gasteiger partial charge in [0.25, 0.3) is 0 Å². The van der Waals surface area contributed by atoms with Crippen molar-refractivity contribution in [2.45, 2.75) is 39.5 Å². The number of nitriles is 1. The van der Waals surface area contributed by atoms with Crippen molar-refractivity contribution in [2.24, 2.45) is 0 Å². The average Bonchev–Trinajstić information content (AvgIpc) is 2.42. The van der Waals surface area contributed by atoms with E-state index in [0.717, 1.165) is 24.2 Å². The number of nitrogens with zero attached hydrogens (tertiary/aromatic N) is 3. The lowest BCUT2D eigenvalue weighted by Crippen LogP contribution is -2.08. The van der Waals surface area contributed by atoms with Crippen LogP contribution in [-0.4, -0.2) is 28.8 Å². The molecule has 1 aromatic heterocycles. The number of hydrogen-bond acceptors (Lipinski definition) is 5. The van der Waals surface area contributed by atoms with Gasteiger partial charge in [0.15, 0.2) is 5.82 Å². The third kappa shape index (κ3) is 5.07. The molecule has 0 spiro atoms. The van der Waals surface area contributed by atoms with Crippen LogP contribution in [0.5, 0.6) is 0 Å². The van der Waals surface area contributed by atoms with Gasteiger partial charge in [0.05, 0.1) is 5.69 Å². The molecule has 0 atom stereocenters. The minimum absolute atomic E-state index is 0.620. The Morgan fingerprint density at radius 3 is 2.58 bits per heavy atom. The number of rotatable bonds is 8. The highest BCUT2D eigenvalue weighted by molar-refractivity contribution is 7.98. The van der Waals surface area contributed by atoms with E-state index in [2.05, 4.69) is 27.8 Å². The summed E-state index contributed by atoms with van der Waals surface area (Å²) in [5.41, 5.74) is 2.36. The van der Waals surface area contributed by atoms with Gasteiger partial charge in [0.1, 0.15) is 11.6 Å². The van der Waals surface area contributed by atoms with Gasteiger partial charge in [-0.05, 0) is 44.3 Å². The zero-order valence-corrected chi connectivity index (χ0v) is 12.8. The molecule has 0 radical (unpaired) electrons. The zero-order valence-electron chi connectivity index (χ0n) is 12.0. The molecule has 0 aromatic carbocycles. The second-order valence-electron chi connectivity index (χ2n) is 4.58. The quantitative estimate of drug-likeness (QED) is 0.739. The van der Waals surface area contributed by atoms with Crippen molar-refractivity contribution in [3.8, 4) is 6.07 Å². The molecule has 0 fully saturated rings. The zero-order chi connectivity index (χ0) is 14.1. The molecule has 0 unspecified atom stereocenters. The van der Waals surface area contributed by atoms with Crippen molar-refractivity contribution < 1.29 is 0 Å². The van der Waals surface area contributed by atoms with Gasteiger partial charge in [-0.3, -0.25) is 0 Å². The van der Waals surface area contributed by atoms with Crippen LogP contribution in [0.25, 0.3) is 0 Å². The first kappa shape index (κ1) is 15.8. The molecule has 4 nitrogen and oxygen atoms in total. The van der Waals surface area contributed by atoms with Crippen LogP contribution < -0.4 is 5.32 Å². The second-order valence-corrected chi connectivity index (χ2v) is 5.57. The van der Waals surface area contributed by atoms with Crippen LogP contribution >= 0.6 is 11.8 Å². The molecule has 0 aliphatic rings. The first-order valence-electron chi connectivity index (χ1n) is 6.67. The van der Waals surface area contributed by atoms with E-state index in [-0.39, 0.29) is 0 Å². The summed E-state index contributed by atoms with van der Waals surface area (Å²) in [6.45, 7) is 4.64. The maximum absolute atomic E-state index is 9.16.